The van der Waals surface area contributed by atoms with E-state index >= 15 is 0 Å². The van der Waals surface area contributed by atoms with Crippen molar-refractivity contribution in [2.45, 2.75) is 6.42 Å². The maximum atomic E-state index is 12.5. The number of hydrogen-bond acceptors (Lipinski definition) is 4. The summed E-state index contributed by atoms with van der Waals surface area (Å²) in [5.41, 5.74) is 0.570. The Labute approximate surface area is 139 Å². The molecule has 1 saturated heterocycles. The quantitative estimate of drug-likeness (QED) is 0.671. The number of ether oxygens (including phenoxy) is 1. The molecule has 0 unspecified atom stereocenters. The van der Waals surface area contributed by atoms with Gasteiger partial charge in [0.25, 0.3) is 0 Å². The fraction of sp³-hybridized carbons (Fsp3) is 0.389. The van der Waals surface area contributed by atoms with E-state index in [9.17, 15) is 14.4 Å². The van der Waals surface area contributed by atoms with Crippen LogP contribution in [0.2, 0.25) is 0 Å². The highest BCUT2D eigenvalue weighted by Gasteiger charge is 2.59. The van der Waals surface area contributed by atoms with E-state index in [1.54, 1.807) is 31.4 Å². The molecular formula is C18H18N2O4. The SMILES string of the molecule is COc1cccc(NC(=O)CN2C(=O)[C@@H]3[C@@H](C2=O)[C@@H]2C=C[C@@H]3C2)c1. The molecule has 124 valence electrons. The zero-order valence-corrected chi connectivity index (χ0v) is 13.3. The molecule has 1 aliphatic heterocycles. The van der Waals surface area contributed by atoms with E-state index in [-0.39, 0.29) is 47.9 Å². The summed E-state index contributed by atoms with van der Waals surface area (Å²) < 4.78 is 5.11. The number of fused-ring (bicyclic) bond motifs is 5. The third-order valence-corrected chi connectivity index (χ3v) is 5.22. The molecule has 2 aliphatic carbocycles. The van der Waals surface area contributed by atoms with E-state index in [4.69, 9.17) is 4.74 Å². The van der Waals surface area contributed by atoms with Crippen LogP contribution >= 0.6 is 0 Å². The van der Waals surface area contributed by atoms with Gasteiger partial charge in [-0.3, -0.25) is 19.3 Å². The molecule has 1 aromatic rings. The number of carbonyl (C=O) groups is 3. The van der Waals surface area contributed by atoms with Gasteiger partial charge in [0.1, 0.15) is 12.3 Å². The van der Waals surface area contributed by atoms with Crippen LogP contribution in [-0.4, -0.2) is 36.3 Å². The predicted octanol–water partition coefficient (Wildman–Crippen LogP) is 1.44. The summed E-state index contributed by atoms with van der Waals surface area (Å²) in [6.07, 6.45) is 4.96. The molecule has 4 atom stereocenters. The number of likely N-dealkylation sites (tertiary alicyclic amines) is 1. The first-order valence-electron chi connectivity index (χ1n) is 8.06. The number of rotatable bonds is 4. The summed E-state index contributed by atoms with van der Waals surface area (Å²) in [7, 11) is 1.55. The molecule has 1 aromatic carbocycles. The third-order valence-electron chi connectivity index (χ3n) is 5.22. The lowest BCUT2D eigenvalue weighted by Gasteiger charge is -2.17. The smallest absolute Gasteiger partial charge is 0.244 e. The lowest BCUT2D eigenvalue weighted by Crippen LogP contribution is -2.39. The van der Waals surface area contributed by atoms with Crippen LogP contribution in [0.4, 0.5) is 5.69 Å². The van der Waals surface area contributed by atoms with Crippen molar-refractivity contribution in [3.8, 4) is 5.75 Å². The Bertz CT molecular complexity index is 727. The Morgan fingerprint density at radius 1 is 1.21 bits per heavy atom. The lowest BCUT2D eigenvalue weighted by atomic mass is 9.85. The number of imide groups is 1. The highest BCUT2D eigenvalue weighted by molar-refractivity contribution is 6.09. The summed E-state index contributed by atoms with van der Waals surface area (Å²) >= 11 is 0. The first-order chi connectivity index (χ1) is 11.6. The van der Waals surface area contributed by atoms with Crippen LogP contribution in [0.25, 0.3) is 0 Å². The zero-order chi connectivity index (χ0) is 16.8. The molecule has 0 radical (unpaired) electrons. The fourth-order valence-electron chi connectivity index (χ4n) is 4.16. The second-order valence-electron chi connectivity index (χ2n) is 6.54. The summed E-state index contributed by atoms with van der Waals surface area (Å²) in [5, 5.41) is 2.71. The van der Waals surface area contributed by atoms with Crippen molar-refractivity contribution in [3.05, 3.63) is 36.4 Å². The van der Waals surface area contributed by atoms with Gasteiger partial charge >= 0.3 is 0 Å². The number of anilines is 1. The van der Waals surface area contributed by atoms with Crippen molar-refractivity contribution in [2.75, 3.05) is 19.0 Å². The minimum Gasteiger partial charge on any atom is -0.497 e. The average molecular weight is 326 g/mol. The van der Waals surface area contributed by atoms with Gasteiger partial charge < -0.3 is 10.1 Å². The molecule has 1 heterocycles. The van der Waals surface area contributed by atoms with Crippen LogP contribution < -0.4 is 10.1 Å². The number of carbonyl (C=O) groups excluding carboxylic acids is 3. The maximum Gasteiger partial charge on any atom is 0.244 e. The first kappa shape index (κ1) is 14.9. The number of allylic oxidation sites excluding steroid dienone is 2. The normalized spacial score (nSPS) is 30.0. The van der Waals surface area contributed by atoms with Crippen LogP contribution in [0.5, 0.6) is 5.75 Å². The number of nitrogens with zero attached hydrogens (tertiary/aromatic N) is 1. The standard InChI is InChI=1S/C18H18N2O4/c1-24-13-4-2-3-12(8-13)19-14(21)9-20-17(22)15-10-5-6-11(7-10)16(15)18(20)23/h2-6,8,10-11,15-16H,7,9H2,1H3,(H,19,21)/t10-,11-,15+,16+/m1/s1. The summed E-state index contributed by atoms with van der Waals surface area (Å²) in [5.74, 6) is -0.395. The molecule has 2 bridgehead atoms. The molecule has 0 aromatic heterocycles. The molecule has 3 aliphatic rings. The number of nitrogens with one attached hydrogen (secondary N) is 1. The van der Waals surface area contributed by atoms with Gasteiger partial charge in [-0.2, -0.15) is 0 Å². The zero-order valence-electron chi connectivity index (χ0n) is 13.3. The number of benzene rings is 1. The van der Waals surface area contributed by atoms with Crippen molar-refractivity contribution in [3.63, 3.8) is 0 Å². The molecular weight excluding hydrogens is 308 g/mol. The van der Waals surface area contributed by atoms with Crippen LogP contribution in [0.3, 0.4) is 0 Å². The number of methoxy groups -OCH3 is 1. The topological polar surface area (TPSA) is 75.7 Å². The second-order valence-corrected chi connectivity index (χ2v) is 6.54. The van der Waals surface area contributed by atoms with Gasteiger partial charge in [0.15, 0.2) is 0 Å². The Balaban J connectivity index is 1.45. The van der Waals surface area contributed by atoms with Crippen molar-refractivity contribution >= 4 is 23.4 Å². The van der Waals surface area contributed by atoms with E-state index in [1.165, 1.54) is 0 Å². The Morgan fingerprint density at radius 3 is 2.50 bits per heavy atom. The molecule has 6 heteroatoms. The van der Waals surface area contributed by atoms with Crippen molar-refractivity contribution in [1.82, 2.24) is 4.90 Å². The summed E-state index contributed by atoms with van der Waals surface area (Å²) in [6.45, 7) is -0.235. The summed E-state index contributed by atoms with van der Waals surface area (Å²) in [6, 6.07) is 6.94. The van der Waals surface area contributed by atoms with E-state index in [0.717, 1.165) is 11.3 Å². The lowest BCUT2D eigenvalue weighted by molar-refractivity contribution is -0.143. The van der Waals surface area contributed by atoms with Gasteiger partial charge in [0, 0.05) is 11.8 Å². The largest absolute Gasteiger partial charge is 0.497 e. The maximum absolute atomic E-state index is 12.5. The van der Waals surface area contributed by atoms with Crippen molar-refractivity contribution in [2.24, 2.45) is 23.7 Å². The van der Waals surface area contributed by atoms with Gasteiger partial charge in [0.05, 0.1) is 18.9 Å². The monoisotopic (exact) mass is 326 g/mol. The van der Waals surface area contributed by atoms with Gasteiger partial charge in [-0.25, -0.2) is 0 Å². The van der Waals surface area contributed by atoms with Gasteiger partial charge in [-0.1, -0.05) is 18.2 Å². The van der Waals surface area contributed by atoms with Crippen LogP contribution in [-0.2, 0) is 14.4 Å². The Kier molecular flexibility index (Phi) is 3.40. The predicted molar refractivity (Wildman–Crippen MR) is 86.1 cm³/mol. The van der Waals surface area contributed by atoms with E-state index in [2.05, 4.69) is 5.32 Å². The van der Waals surface area contributed by atoms with Gasteiger partial charge in [0.2, 0.25) is 17.7 Å². The van der Waals surface area contributed by atoms with Crippen LogP contribution in [0.1, 0.15) is 6.42 Å². The third kappa shape index (κ3) is 2.21. The molecule has 6 nitrogen and oxygen atoms in total. The molecule has 0 spiro atoms. The molecule has 3 amide bonds. The van der Waals surface area contributed by atoms with E-state index < -0.39 is 0 Å². The van der Waals surface area contributed by atoms with Crippen LogP contribution in [0.15, 0.2) is 36.4 Å². The average Bonchev–Trinajstić information content (AvgIpc) is 3.25. The van der Waals surface area contributed by atoms with Gasteiger partial charge in [-0.15, -0.1) is 0 Å². The molecule has 24 heavy (non-hydrogen) atoms. The van der Waals surface area contributed by atoms with E-state index in [0.29, 0.717) is 11.4 Å². The number of hydrogen-bond donors (Lipinski definition) is 1. The highest BCUT2D eigenvalue weighted by atomic mass is 16.5. The molecule has 2 fully saturated rings. The van der Waals surface area contributed by atoms with E-state index in [1.807, 2.05) is 12.2 Å². The second kappa shape index (κ2) is 5.47. The van der Waals surface area contributed by atoms with Crippen LogP contribution in [0, 0.1) is 23.7 Å². The van der Waals surface area contributed by atoms with Crippen molar-refractivity contribution < 1.29 is 19.1 Å². The fourth-order valence-corrected chi connectivity index (χ4v) is 4.16. The molecule has 1 N–H and O–H groups in total. The molecule has 4 rings (SSSR count). The first-order valence-corrected chi connectivity index (χ1v) is 8.06. The number of amides is 3. The molecule has 1 saturated carbocycles. The van der Waals surface area contributed by atoms with Crippen molar-refractivity contribution in [1.29, 1.82) is 0 Å². The minimum atomic E-state index is -0.384. The Morgan fingerprint density at radius 2 is 1.88 bits per heavy atom. The summed E-state index contributed by atoms with van der Waals surface area (Å²) in [4.78, 5) is 38.5. The Hall–Kier alpha value is -2.63. The van der Waals surface area contributed by atoms with Gasteiger partial charge in [-0.05, 0) is 30.4 Å². The highest BCUT2D eigenvalue weighted by Crippen LogP contribution is 2.52. The minimum absolute atomic E-state index is 0.155.